The lowest BCUT2D eigenvalue weighted by Gasteiger charge is -2.12. The van der Waals surface area contributed by atoms with Crippen molar-refractivity contribution in [1.29, 1.82) is 0 Å². The molecule has 7 aromatic rings. The second-order valence-corrected chi connectivity index (χ2v) is 16.8. The quantitative estimate of drug-likeness (QED) is 0.0460. The molecule has 0 aliphatic carbocycles. The molecule has 24 heteroatoms. The van der Waals surface area contributed by atoms with Crippen molar-refractivity contribution < 1.29 is 29.9 Å². The van der Waals surface area contributed by atoms with Crippen LogP contribution in [0.25, 0.3) is 22.1 Å². The number of benzene rings is 1. The van der Waals surface area contributed by atoms with Crippen molar-refractivity contribution in [1.82, 2.24) is 69.5 Å². The van der Waals surface area contributed by atoms with E-state index in [9.17, 15) is 30.0 Å². The molecular formula is C44H50N16O8. The van der Waals surface area contributed by atoms with Crippen LogP contribution in [0.2, 0.25) is 0 Å². The predicted octanol–water partition coefficient (Wildman–Crippen LogP) is -0.193. The lowest BCUT2D eigenvalue weighted by atomic mass is 10.1. The molecule has 354 valence electrons. The number of aliphatic hydroxyl groups excluding tert-OH is 4. The fourth-order valence-electron chi connectivity index (χ4n) is 8.28. The molecule has 10 N–H and O–H groups in total. The SMILES string of the molecule is Nc1nc2c(c(C#CCCCCc3cn(Cc4ccc(Cn5cc(CCCCC#Cc6nn([C@H]7C[C@H](O)[C@@H](CO)O7)c7nc(N)[nH]c(=O)c67)nn5)cc4)nn3)nn2[C@H]2C[C@H](O)[C@@H](CO)O2)c(=O)[nH]1. The van der Waals surface area contributed by atoms with Gasteiger partial charge in [0.25, 0.3) is 11.1 Å². The van der Waals surface area contributed by atoms with Gasteiger partial charge in [-0.15, -0.1) is 10.2 Å². The molecule has 0 radical (unpaired) electrons. The van der Waals surface area contributed by atoms with Gasteiger partial charge in [-0.25, -0.2) is 18.7 Å². The molecule has 2 aliphatic heterocycles. The summed E-state index contributed by atoms with van der Waals surface area (Å²) in [4.78, 5) is 39.1. The molecule has 2 fully saturated rings. The first kappa shape index (κ1) is 45.8. The zero-order chi connectivity index (χ0) is 47.3. The number of nitrogens with zero attached hydrogens (tertiary/aromatic N) is 12. The smallest absolute Gasteiger partial charge is 0.264 e. The van der Waals surface area contributed by atoms with E-state index in [1.165, 1.54) is 9.36 Å². The summed E-state index contributed by atoms with van der Waals surface area (Å²) >= 11 is 0. The van der Waals surface area contributed by atoms with Crippen LogP contribution in [0.15, 0.2) is 46.2 Å². The summed E-state index contributed by atoms with van der Waals surface area (Å²) in [5.74, 6) is 12.0. The highest BCUT2D eigenvalue weighted by atomic mass is 16.5. The minimum Gasteiger partial charge on any atom is -0.394 e. The van der Waals surface area contributed by atoms with Crippen LogP contribution < -0.4 is 22.6 Å². The molecule has 9 rings (SSSR count). The standard InChI is InChI=1S/C44H50N16O8/c45-43-47-39-37(41(65)49-43)29(53-59(39)35-17-31(63)33(23-61)67-35)11-7-3-1-5-9-27-21-57(55-51-27)19-25-13-15-26(16-14-25)20-58-22-28(52-56-58)10-6-2-4-8-12-30-38-40(48-44(46)50-42(38)66)60(54-30)36-18-32(64)34(24-62)68-36/h13-16,21-22,31-36,61-64H,1-6,9-10,17-20,23-24H2,(H3,45,47,49,65)(H3,46,48,50,66)/t31-,32-,33+,34+,35+,36+/m0/s1. The fourth-order valence-corrected chi connectivity index (χ4v) is 8.28. The fraction of sp³-hybridized carbons (Fsp3) is 0.455. The van der Waals surface area contributed by atoms with Crippen LogP contribution in [0.1, 0.15) is 97.7 Å². The summed E-state index contributed by atoms with van der Waals surface area (Å²) in [5.41, 5.74) is 15.4. The number of fused-ring (bicyclic) bond motifs is 2. The van der Waals surface area contributed by atoms with E-state index in [0.717, 1.165) is 61.0 Å². The highest BCUT2D eigenvalue weighted by Crippen LogP contribution is 2.32. The Bertz CT molecular complexity index is 2940. The molecule has 2 saturated heterocycles. The third-order valence-electron chi connectivity index (χ3n) is 11.7. The third kappa shape index (κ3) is 10.2. The van der Waals surface area contributed by atoms with Crippen molar-refractivity contribution in [3.8, 4) is 23.7 Å². The van der Waals surface area contributed by atoms with Gasteiger partial charge in [0.1, 0.15) is 23.0 Å². The van der Waals surface area contributed by atoms with Gasteiger partial charge in [-0.1, -0.05) is 46.5 Å². The number of hydrogen-bond acceptors (Lipinski definition) is 18. The number of nitrogen functional groups attached to an aromatic ring is 2. The maximum Gasteiger partial charge on any atom is 0.264 e. The minimum absolute atomic E-state index is 0.0830. The largest absolute Gasteiger partial charge is 0.394 e. The maximum atomic E-state index is 12.8. The van der Waals surface area contributed by atoms with Gasteiger partial charge in [-0.2, -0.15) is 20.2 Å². The Kier molecular flexibility index (Phi) is 13.7. The summed E-state index contributed by atoms with van der Waals surface area (Å²) in [6.07, 6.45) is 5.20. The van der Waals surface area contributed by atoms with Crippen molar-refractivity contribution in [2.45, 2.75) is 114 Å². The lowest BCUT2D eigenvalue weighted by molar-refractivity contribution is -0.0470. The first-order valence-electron chi connectivity index (χ1n) is 22.3. The molecule has 8 heterocycles. The number of anilines is 2. The van der Waals surface area contributed by atoms with Gasteiger partial charge in [0.15, 0.2) is 35.1 Å². The molecule has 24 nitrogen and oxygen atoms in total. The van der Waals surface area contributed by atoms with Gasteiger partial charge in [0.05, 0.1) is 49.9 Å². The second-order valence-electron chi connectivity index (χ2n) is 16.8. The number of rotatable bonds is 16. The van der Waals surface area contributed by atoms with Crippen LogP contribution in [0.5, 0.6) is 0 Å². The van der Waals surface area contributed by atoms with Gasteiger partial charge in [-0.3, -0.25) is 19.6 Å². The average molecular weight is 931 g/mol. The molecule has 6 aromatic heterocycles. The second kappa shape index (κ2) is 20.3. The first-order chi connectivity index (χ1) is 33.0. The number of aryl methyl sites for hydroxylation is 2. The van der Waals surface area contributed by atoms with Gasteiger partial charge >= 0.3 is 0 Å². The van der Waals surface area contributed by atoms with Crippen LogP contribution in [0.3, 0.4) is 0 Å². The number of nitrogens with one attached hydrogen (secondary N) is 2. The topological polar surface area (TPSA) is 340 Å². The number of aromatic amines is 2. The lowest BCUT2D eigenvalue weighted by Crippen LogP contribution is -2.24. The number of hydrogen-bond donors (Lipinski definition) is 8. The van der Waals surface area contributed by atoms with E-state index >= 15 is 0 Å². The summed E-state index contributed by atoms with van der Waals surface area (Å²) in [7, 11) is 0. The number of nitrogens with two attached hydrogens (primary N) is 2. The van der Waals surface area contributed by atoms with E-state index in [1.807, 2.05) is 21.8 Å². The van der Waals surface area contributed by atoms with Crippen LogP contribution in [0, 0.1) is 23.7 Å². The molecule has 1 aromatic carbocycles. The van der Waals surface area contributed by atoms with E-state index < -0.39 is 48.0 Å². The maximum absolute atomic E-state index is 12.8. The van der Waals surface area contributed by atoms with Crippen molar-refractivity contribution in [3.63, 3.8) is 0 Å². The summed E-state index contributed by atoms with van der Waals surface area (Å²) in [5, 5.41) is 66.1. The highest BCUT2D eigenvalue weighted by molar-refractivity contribution is 5.82. The molecule has 0 amide bonds. The van der Waals surface area contributed by atoms with E-state index in [2.05, 4.69) is 98.7 Å². The Hall–Kier alpha value is -7.32. The molecule has 0 spiro atoms. The van der Waals surface area contributed by atoms with Crippen molar-refractivity contribution in [2.75, 3.05) is 24.7 Å². The Balaban J connectivity index is 0.706. The first-order valence-corrected chi connectivity index (χ1v) is 22.3. The summed E-state index contributed by atoms with van der Waals surface area (Å²) in [6.45, 7) is 0.423. The monoisotopic (exact) mass is 930 g/mol. The summed E-state index contributed by atoms with van der Waals surface area (Å²) in [6, 6.07) is 8.24. The Morgan fingerprint density at radius 3 is 1.49 bits per heavy atom. The van der Waals surface area contributed by atoms with Gasteiger partial charge < -0.3 is 41.4 Å². The molecule has 0 saturated carbocycles. The van der Waals surface area contributed by atoms with E-state index in [0.29, 0.717) is 25.9 Å². The zero-order valence-corrected chi connectivity index (χ0v) is 36.8. The number of ether oxygens (including phenoxy) is 2. The highest BCUT2D eigenvalue weighted by Gasteiger charge is 2.38. The number of H-pyrrole nitrogens is 2. The van der Waals surface area contributed by atoms with Crippen molar-refractivity contribution >= 4 is 34.0 Å². The van der Waals surface area contributed by atoms with Gasteiger partial charge in [0.2, 0.25) is 11.9 Å². The molecular weight excluding hydrogens is 881 g/mol. The van der Waals surface area contributed by atoms with Crippen molar-refractivity contribution in [2.24, 2.45) is 0 Å². The van der Waals surface area contributed by atoms with E-state index in [4.69, 9.17) is 20.9 Å². The number of unbranched alkanes of at least 4 members (excludes halogenated alkanes) is 4. The predicted molar refractivity (Wildman–Crippen MR) is 242 cm³/mol. The van der Waals surface area contributed by atoms with Crippen LogP contribution in [-0.4, -0.2) is 128 Å². The molecule has 2 aliphatic rings. The number of aliphatic hydroxyl groups is 4. The zero-order valence-electron chi connectivity index (χ0n) is 36.8. The van der Waals surface area contributed by atoms with Gasteiger partial charge in [0, 0.05) is 38.1 Å². The van der Waals surface area contributed by atoms with E-state index in [1.54, 1.807) is 0 Å². The summed E-state index contributed by atoms with van der Waals surface area (Å²) < 4.78 is 17.9. The number of aromatic nitrogens is 14. The molecule has 0 bridgehead atoms. The van der Waals surface area contributed by atoms with Crippen LogP contribution in [0.4, 0.5) is 11.9 Å². The van der Waals surface area contributed by atoms with Crippen LogP contribution >= 0.6 is 0 Å². The molecule has 0 unspecified atom stereocenters. The van der Waals surface area contributed by atoms with Crippen LogP contribution in [-0.2, 0) is 35.4 Å². The van der Waals surface area contributed by atoms with E-state index in [-0.39, 0.29) is 71.4 Å². The van der Waals surface area contributed by atoms with Crippen molar-refractivity contribution in [3.05, 3.63) is 91.3 Å². The third-order valence-corrected chi connectivity index (χ3v) is 11.7. The average Bonchev–Trinajstić information content (AvgIpc) is 4.19. The molecule has 68 heavy (non-hydrogen) atoms. The normalized spacial score (nSPS) is 20.2. The molecule has 6 atom stereocenters. The Morgan fingerprint density at radius 1 is 0.662 bits per heavy atom. The minimum atomic E-state index is -0.893. The Labute approximate surface area is 386 Å². The Morgan fingerprint density at radius 2 is 1.09 bits per heavy atom. The van der Waals surface area contributed by atoms with Gasteiger partial charge in [-0.05, 0) is 61.5 Å².